The van der Waals surface area contributed by atoms with Crippen LogP contribution in [0.2, 0.25) is 0 Å². The number of phenols is 3. The number of piperazine rings is 1. The van der Waals surface area contributed by atoms with Crippen LogP contribution in [0, 0.1) is 0 Å². The Balaban J connectivity index is 1.71. The van der Waals surface area contributed by atoms with E-state index in [1.807, 2.05) is 20.0 Å². The predicted octanol–water partition coefficient (Wildman–Crippen LogP) is 4.83. The van der Waals surface area contributed by atoms with Gasteiger partial charge in [0, 0.05) is 55.7 Å². The minimum absolute atomic E-state index is 0.0229. The van der Waals surface area contributed by atoms with Crippen molar-refractivity contribution < 1.29 is 29.3 Å². The lowest BCUT2D eigenvalue weighted by atomic mass is 9.85. The highest BCUT2D eigenvalue weighted by Crippen LogP contribution is 2.49. The normalized spacial score (nSPS) is 14.6. The highest BCUT2D eigenvalue weighted by atomic mass is 16.5. The second kappa shape index (κ2) is 12.0. The molecule has 1 aliphatic rings. The molecule has 9 heteroatoms. The molecule has 0 spiro atoms. The molecule has 1 aromatic heterocycles. The molecule has 1 saturated heterocycles. The molecule has 0 aliphatic carbocycles. The van der Waals surface area contributed by atoms with Crippen LogP contribution in [0.3, 0.4) is 0 Å². The zero-order chi connectivity index (χ0) is 30.0. The quantitative estimate of drug-likeness (QED) is 0.203. The van der Waals surface area contributed by atoms with Gasteiger partial charge in [-0.05, 0) is 37.2 Å². The summed E-state index contributed by atoms with van der Waals surface area (Å²) in [6, 6.07) is 17.2. The van der Waals surface area contributed by atoms with Gasteiger partial charge in [0.25, 0.3) is 0 Å². The molecule has 1 aliphatic heterocycles. The monoisotopic (exact) mass is 570 g/mol. The third-order valence-corrected chi connectivity index (χ3v) is 7.52. The Labute approximate surface area is 243 Å². The number of hydrogen-bond donors (Lipinski definition) is 3. The molecule has 0 radical (unpaired) electrons. The van der Waals surface area contributed by atoms with Crippen molar-refractivity contribution >= 4 is 16.9 Å². The molecule has 1 fully saturated rings. The number of aromatic hydroxyl groups is 3. The number of hydrogen-bond acceptors (Lipinski definition) is 8. The molecule has 1 atom stereocenters. The molecule has 0 bridgehead atoms. The molecule has 3 N–H and O–H groups in total. The van der Waals surface area contributed by atoms with Gasteiger partial charge >= 0.3 is 0 Å². The molecule has 2 heterocycles. The minimum Gasteiger partial charge on any atom is -0.504 e. The summed E-state index contributed by atoms with van der Waals surface area (Å²) in [4.78, 5) is 30.9. The molecule has 42 heavy (non-hydrogen) atoms. The number of nitrogens with zero attached hydrogens (tertiary/aromatic N) is 2. The van der Waals surface area contributed by atoms with E-state index in [1.165, 1.54) is 6.07 Å². The van der Waals surface area contributed by atoms with E-state index >= 15 is 0 Å². The molecule has 3 aromatic carbocycles. The van der Waals surface area contributed by atoms with E-state index < -0.39 is 28.6 Å². The number of amides is 1. The smallest absolute Gasteiger partial charge is 0.223 e. The zero-order valence-corrected chi connectivity index (χ0v) is 23.7. The van der Waals surface area contributed by atoms with Crippen LogP contribution in [0.15, 0.2) is 82.0 Å². The van der Waals surface area contributed by atoms with E-state index in [0.717, 1.165) is 18.7 Å². The van der Waals surface area contributed by atoms with Gasteiger partial charge in [-0.25, -0.2) is 0 Å². The van der Waals surface area contributed by atoms with Gasteiger partial charge in [-0.2, -0.15) is 0 Å². The van der Waals surface area contributed by atoms with Gasteiger partial charge in [0.1, 0.15) is 29.1 Å². The number of carbonyl (C=O) groups excluding carboxylic acids is 1. The molecule has 4 aromatic rings. The van der Waals surface area contributed by atoms with E-state index in [2.05, 4.69) is 11.5 Å². The van der Waals surface area contributed by atoms with E-state index in [4.69, 9.17) is 9.15 Å². The lowest BCUT2D eigenvalue weighted by molar-refractivity contribution is -0.133. The average molecular weight is 571 g/mol. The first-order chi connectivity index (χ1) is 20.1. The maximum absolute atomic E-state index is 13.7. The summed E-state index contributed by atoms with van der Waals surface area (Å²) < 4.78 is 12.1. The van der Waals surface area contributed by atoms with Gasteiger partial charge in [0.05, 0.1) is 0 Å². The van der Waals surface area contributed by atoms with Gasteiger partial charge < -0.3 is 34.3 Å². The summed E-state index contributed by atoms with van der Waals surface area (Å²) in [7, 11) is 2.00. The second-order valence-corrected chi connectivity index (χ2v) is 10.8. The van der Waals surface area contributed by atoms with Gasteiger partial charge in [-0.3, -0.25) is 9.59 Å². The molecule has 0 saturated carbocycles. The Morgan fingerprint density at radius 3 is 2.38 bits per heavy atom. The van der Waals surface area contributed by atoms with Crippen LogP contribution >= 0.6 is 0 Å². The first-order valence-corrected chi connectivity index (χ1v) is 13.8. The number of ether oxygens (including phenoxy) is 1. The van der Waals surface area contributed by atoms with Crippen LogP contribution in [0.5, 0.6) is 23.0 Å². The van der Waals surface area contributed by atoms with Gasteiger partial charge in [0.2, 0.25) is 11.7 Å². The first-order valence-electron chi connectivity index (χ1n) is 13.8. The Morgan fingerprint density at radius 1 is 0.976 bits per heavy atom. The number of likely N-dealkylation sites (N-methyl/N-ethyl adjacent to an activating group) is 1. The maximum atomic E-state index is 13.7. The van der Waals surface area contributed by atoms with Gasteiger partial charge in [0.15, 0.2) is 16.9 Å². The van der Waals surface area contributed by atoms with E-state index in [1.54, 1.807) is 53.4 Å². The first kappa shape index (κ1) is 28.8. The fraction of sp³-hybridized carbons (Fsp3) is 0.273. The van der Waals surface area contributed by atoms with Crippen molar-refractivity contribution in [3.8, 4) is 34.3 Å². The van der Waals surface area contributed by atoms with Crippen LogP contribution < -0.4 is 10.2 Å². The second-order valence-electron chi connectivity index (χ2n) is 10.8. The van der Waals surface area contributed by atoms with Crippen molar-refractivity contribution in [3.63, 3.8) is 0 Å². The van der Waals surface area contributed by atoms with Crippen molar-refractivity contribution in [3.05, 3.63) is 94.2 Å². The maximum Gasteiger partial charge on any atom is 0.223 e. The van der Waals surface area contributed by atoms with Crippen LogP contribution in [0.4, 0.5) is 0 Å². The Hall–Kier alpha value is -4.76. The van der Waals surface area contributed by atoms with Crippen LogP contribution in [-0.2, 0) is 4.79 Å². The summed E-state index contributed by atoms with van der Waals surface area (Å²) in [5.74, 6) is -2.62. The molecule has 218 valence electrons. The molecular formula is C33H34N2O7. The third kappa shape index (κ3) is 5.82. The number of carbonyl (C=O) groups is 1. The van der Waals surface area contributed by atoms with E-state index in [9.17, 15) is 24.9 Å². The number of benzene rings is 3. The van der Waals surface area contributed by atoms with E-state index in [-0.39, 0.29) is 41.2 Å². The largest absolute Gasteiger partial charge is 0.504 e. The number of fused-ring (bicyclic) bond motifs is 1. The highest BCUT2D eigenvalue weighted by molar-refractivity contribution is 5.94. The van der Waals surface area contributed by atoms with Gasteiger partial charge in [-0.1, -0.05) is 49.0 Å². The molecule has 9 nitrogen and oxygen atoms in total. The Kier molecular flexibility index (Phi) is 8.22. The summed E-state index contributed by atoms with van der Waals surface area (Å²) >= 11 is 0. The number of rotatable bonds is 8. The zero-order valence-electron chi connectivity index (χ0n) is 23.7. The van der Waals surface area contributed by atoms with Crippen molar-refractivity contribution in [2.45, 2.75) is 19.3 Å². The predicted molar refractivity (Wildman–Crippen MR) is 160 cm³/mol. The average Bonchev–Trinajstić information content (AvgIpc) is 2.99. The van der Waals surface area contributed by atoms with Crippen LogP contribution in [-0.4, -0.2) is 70.9 Å². The lowest BCUT2D eigenvalue weighted by Crippen LogP contribution is -2.47. The summed E-state index contributed by atoms with van der Waals surface area (Å²) in [6.45, 7) is 8.55. The van der Waals surface area contributed by atoms with E-state index in [0.29, 0.717) is 30.0 Å². The Morgan fingerprint density at radius 2 is 1.69 bits per heavy atom. The molecule has 1 unspecified atom stereocenters. The van der Waals surface area contributed by atoms with Crippen LogP contribution in [0.1, 0.15) is 30.4 Å². The van der Waals surface area contributed by atoms with Crippen molar-refractivity contribution in [2.24, 2.45) is 0 Å². The lowest BCUT2D eigenvalue weighted by Gasteiger charge is -2.33. The summed E-state index contributed by atoms with van der Waals surface area (Å²) in [6.07, 6.45) is -0.0974. The third-order valence-electron chi connectivity index (χ3n) is 7.52. The molecule has 5 rings (SSSR count). The number of phenolic OH excluding ortho intramolecular Hbond substituents is 3. The molecule has 1 amide bonds. The SMILES string of the molecule is C=C(C)COc1cccc(C(CC(=O)N2CCN(C)CC2)c2c(O)c(O)c(O)c3c(=O)cc(-c4ccccc4)oc23)c1. The highest BCUT2D eigenvalue weighted by Gasteiger charge is 2.32. The minimum atomic E-state index is -0.867. The fourth-order valence-electron chi connectivity index (χ4n) is 5.21. The molecular weight excluding hydrogens is 536 g/mol. The topological polar surface area (TPSA) is 124 Å². The fourth-order valence-corrected chi connectivity index (χ4v) is 5.21. The van der Waals surface area contributed by atoms with Crippen molar-refractivity contribution in [1.82, 2.24) is 9.80 Å². The standard InChI is InChI=1S/C33H34N2O7/c1-20(2)19-41-23-11-7-10-22(16-23)24(17-27(37)35-14-12-34(3)13-15-35)28-30(38)32(40)31(39)29-25(36)18-26(42-33(28)29)21-8-5-4-6-9-21/h4-11,16,18,24,38-40H,1,12-15,17,19H2,2-3H3. The Bertz CT molecular complexity index is 1690. The van der Waals surface area contributed by atoms with Crippen molar-refractivity contribution in [1.29, 1.82) is 0 Å². The van der Waals surface area contributed by atoms with Crippen LogP contribution in [0.25, 0.3) is 22.3 Å². The summed E-state index contributed by atoms with van der Waals surface area (Å²) in [5, 5.41) is 32.6. The van der Waals surface area contributed by atoms with Crippen molar-refractivity contribution in [2.75, 3.05) is 39.8 Å². The summed E-state index contributed by atoms with van der Waals surface area (Å²) in [5.41, 5.74) is 1.32. The van der Waals surface area contributed by atoms with Gasteiger partial charge in [-0.15, -0.1) is 0 Å².